The summed E-state index contributed by atoms with van der Waals surface area (Å²) in [6.45, 7) is 1.95. The number of amides is 2. The first-order chi connectivity index (χ1) is 6.50. The predicted molar refractivity (Wildman–Crippen MR) is 58.3 cm³/mol. The zero-order chi connectivity index (χ0) is 10.7. The Morgan fingerprint density at radius 2 is 2.07 bits per heavy atom. The molecule has 0 spiro atoms. The first-order valence-electron chi connectivity index (χ1n) is 4.35. The first kappa shape index (κ1) is 10.4. The summed E-state index contributed by atoms with van der Waals surface area (Å²) >= 11 is 0. The Bertz CT molecular complexity index is 347. The van der Waals surface area contributed by atoms with Crippen molar-refractivity contribution < 1.29 is 4.79 Å². The second-order valence-electron chi connectivity index (χ2n) is 3.42. The summed E-state index contributed by atoms with van der Waals surface area (Å²) in [4.78, 5) is 12.8. The Balaban J connectivity index is 2.86. The molecule has 2 amide bonds. The van der Waals surface area contributed by atoms with E-state index < -0.39 is 0 Å². The van der Waals surface area contributed by atoms with Crippen LogP contribution in [0, 0.1) is 6.92 Å². The van der Waals surface area contributed by atoms with Crippen LogP contribution >= 0.6 is 0 Å². The van der Waals surface area contributed by atoms with Crippen LogP contribution in [-0.2, 0) is 0 Å². The number of nitrogen functional groups attached to an aromatic ring is 1. The molecule has 4 nitrogen and oxygen atoms in total. The molecule has 0 radical (unpaired) electrons. The Labute approximate surface area is 83.7 Å². The third kappa shape index (κ3) is 2.39. The summed E-state index contributed by atoms with van der Waals surface area (Å²) in [5.41, 5.74) is 8.00. The maximum absolute atomic E-state index is 11.3. The number of carbonyl (C=O) groups excluding carboxylic acids is 1. The lowest BCUT2D eigenvalue weighted by atomic mass is 10.2. The Kier molecular flexibility index (Phi) is 2.96. The van der Waals surface area contributed by atoms with Crippen LogP contribution < -0.4 is 11.1 Å². The maximum atomic E-state index is 11.3. The second-order valence-corrected chi connectivity index (χ2v) is 3.42. The minimum absolute atomic E-state index is 0.178. The number of nitrogens with one attached hydrogen (secondary N) is 1. The van der Waals surface area contributed by atoms with Gasteiger partial charge in [-0.3, -0.25) is 0 Å². The Morgan fingerprint density at radius 3 is 2.64 bits per heavy atom. The summed E-state index contributed by atoms with van der Waals surface area (Å²) in [7, 11) is 3.36. The second kappa shape index (κ2) is 4.00. The fraction of sp³-hybridized carbons (Fsp3) is 0.300. The fourth-order valence-corrected chi connectivity index (χ4v) is 1.01. The number of carbonyl (C=O) groups is 1. The van der Waals surface area contributed by atoms with Gasteiger partial charge in [0.25, 0.3) is 0 Å². The van der Waals surface area contributed by atoms with Crippen molar-refractivity contribution in [2.24, 2.45) is 0 Å². The highest BCUT2D eigenvalue weighted by Crippen LogP contribution is 2.19. The van der Waals surface area contributed by atoms with E-state index in [2.05, 4.69) is 5.32 Å². The highest BCUT2D eigenvalue weighted by molar-refractivity contribution is 5.92. The summed E-state index contributed by atoms with van der Waals surface area (Å²) < 4.78 is 0. The molecule has 3 N–H and O–H groups in total. The summed E-state index contributed by atoms with van der Waals surface area (Å²) in [6, 6.07) is 5.35. The number of hydrogen-bond acceptors (Lipinski definition) is 2. The molecule has 4 heteroatoms. The van der Waals surface area contributed by atoms with Crippen LogP contribution in [0.2, 0.25) is 0 Å². The fourth-order valence-electron chi connectivity index (χ4n) is 1.01. The molecule has 0 aliphatic rings. The van der Waals surface area contributed by atoms with Crippen LogP contribution in [0.4, 0.5) is 16.2 Å². The quantitative estimate of drug-likeness (QED) is 0.666. The minimum atomic E-state index is -0.178. The van der Waals surface area contributed by atoms with Gasteiger partial charge in [-0.15, -0.1) is 0 Å². The van der Waals surface area contributed by atoms with Gasteiger partial charge < -0.3 is 16.0 Å². The topological polar surface area (TPSA) is 58.4 Å². The lowest BCUT2D eigenvalue weighted by Gasteiger charge is -2.13. The highest BCUT2D eigenvalue weighted by atomic mass is 16.2. The van der Waals surface area contributed by atoms with E-state index in [1.54, 1.807) is 20.2 Å². The van der Waals surface area contributed by atoms with Crippen molar-refractivity contribution in [2.45, 2.75) is 6.92 Å². The van der Waals surface area contributed by atoms with E-state index in [9.17, 15) is 4.79 Å². The van der Waals surface area contributed by atoms with Crippen LogP contribution in [0.25, 0.3) is 0 Å². The Morgan fingerprint density at radius 1 is 1.43 bits per heavy atom. The third-order valence-electron chi connectivity index (χ3n) is 1.86. The normalized spacial score (nSPS) is 9.64. The molecular formula is C10H15N3O. The van der Waals surface area contributed by atoms with E-state index in [0.29, 0.717) is 11.4 Å². The van der Waals surface area contributed by atoms with Crippen molar-refractivity contribution in [1.82, 2.24) is 4.90 Å². The molecule has 0 bridgehead atoms. The van der Waals surface area contributed by atoms with Crippen molar-refractivity contribution in [3.05, 3.63) is 23.8 Å². The van der Waals surface area contributed by atoms with Gasteiger partial charge in [0.1, 0.15) is 0 Å². The number of benzene rings is 1. The molecule has 0 atom stereocenters. The average molecular weight is 193 g/mol. The first-order valence-corrected chi connectivity index (χ1v) is 4.35. The van der Waals surface area contributed by atoms with Gasteiger partial charge in [-0.25, -0.2) is 4.79 Å². The van der Waals surface area contributed by atoms with E-state index >= 15 is 0 Å². The Hall–Kier alpha value is -1.71. The van der Waals surface area contributed by atoms with Gasteiger partial charge in [-0.2, -0.15) is 0 Å². The lowest BCUT2D eigenvalue weighted by molar-refractivity contribution is 0.230. The van der Waals surface area contributed by atoms with Gasteiger partial charge in [-0.05, 0) is 24.6 Å². The third-order valence-corrected chi connectivity index (χ3v) is 1.86. The van der Waals surface area contributed by atoms with Gasteiger partial charge in [0.15, 0.2) is 0 Å². The number of urea groups is 1. The molecule has 0 unspecified atom stereocenters. The smallest absolute Gasteiger partial charge is 0.321 e. The average Bonchev–Trinajstić information content (AvgIpc) is 2.11. The molecule has 14 heavy (non-hydrogen) atoms. The highest BCUT2D eigenvalue weighted by Gasteiger charge is 2.06. The van der Waals surface area contributed by atoms with Crippen molar-refractivity contribution in [2.75, 3.05) is 25.1 Å². The molecule has 1 aromatic carbocycles. The van der Waals surface area contributed by atoms with Crippen LogP contribution in [0.5, 0.6) is 0 Å². The molecule has 0 aliphatic heterocycles. The zero-order valence-corrected chi connectivity index (χ0v) is 8.66. The van der Waals surface area contributed by atoms with Gasteiger partial charge in [0.05, 0.1) is 11.4 Å². The number of anilines is 2. The molecular weight excluding hydrogens is 178 g/mol. The minimum Gasteiger partial charge on any atom is -0.397 e. The molecule has 0 aromatic heterocycles. The standard InChI is InChI=1S/C10H15N3O/c1-7-4-5-8(11)9(6-7)12-10(14)13(2)3/h4-6H,11H2,1-3H3,(H,12,14). The number of nitrogens with two attached hydrogens (primary N) is 1. The van der Waals surface area contributed by atoms with Gasteiger partial charge in [0, 0.05) is 14.1 Å². The molecule has 0 aliphatic carbocycles. The van der Waals surface area contributed by atoms with Crippen molar-refractivity contribution >= 4 is 17.4 Å². The molecule has 0 fully saturated rings. The summed E-state index contributed by atoms with van der Waals surface area (Å²) in [5, 5.41) is 2.71. The summed E-state index contributed by atoms with van der Waals surface area (Å²) in [6.07, 6.45) is 0. The number of rotatable bonds is 1. The largest absolute Gasteiger partial charge is 0.397 e. The van der Waals surface area contributed by atoms with Crippen LogP contribution in [0.3, 0.4) is 0 Å². The van der Waals surface area contributed by atoms with Crippen molar-refractivity contribution in [3.8, 4) is 0 Å². The monoisotopic (exact) mass is 193 g/mol. The van der Waals surface area contributed by atoms with Crippen LogP contribution in [0.1, 0.15) is 5.56 Å². The molecule has 0 saturated carbocycles. The summed E-state index contributed by atoms with van der Waals surface area (Å²) in [5.74, 6) is 0. The van der Waals surface area contributed by atoms with Gasteiger partial charge in [0.2, 0.25) is 0 Å². The van der Waals surface area contributed by atoms with E-state index in [0.717, 1.165) is 5.56 Å². The van der Waals surface area contributed by atoms with Crippen molar-refractivity contribution in [3.63, 3.8) is 0 Å². The zero-order valence-electron chi connectivity index (χ0n) is 8.66. The van der Waals surface area contributed by atoms with E-state index in [1.165, 1.54) is 4.90 Å². The van der Waals surface area contributed by atoms with E-state index in [1.807, 2.05) is 19.1 Å². The maximum Gasteiger partial charge on any atom is 0.321 e. The van der Waals surface area contributed by atoms with Gasteiger partial charge >= 0.3 is 6.03 Å². The molecule has 1 aromatic rings. The van der Waals surface area contributed by atoms with E-state index in [4.69, 9.17) is 5.73 Å². The predicted octanol–water partition coefficient (Wildman–Crippen LogP) is 1.67. The number of hydrogen-bond donors (Lipinski definition) is 2. The molecule has 76 valence electrons. The van der Waals surface area contributed by atoms with Crippen LogP contribution in [-0.4, -0.2) is 25.0 Å². The molecule has 1 rings (SSSR count). The SMILES string of the molecule is Cc1ccc(N)c(NC(=O)N(C)C)c1. The van der Waals surface area contributed by atoms with Gasteiger partial charge in [-0.1, -0.05) is 6.07 Å². The van der Waals surface area contributed by atoms with Crippen molar-refractivity contribution in [1.29, 1.82) is 0 Å². The van der Waals surface area contributed by atoms with Crippen LogP contribution in [0.15, 0.2) is 18.2 Å². The molecule has 0 heterocycles. The van der Waals surface area contributed by atoms with E-state index in [-0.39, 0.29) is 6.03 Å². The number of nitrogens with zero attached hydrogens (tertiary/aromatic N) is 1. The lowest BCUT2D eigenvalue weighted by Crippen LogP contribution is -2.27. The number of aryl methyl sites for hydroxylation is 1. The molecule has 0 saturated heterocycles.